The molecule has 152 valence electrons. The number of hydrogen-bond donors (Lipinski definition) is 2. The summed E-state index contributed by atoms with van der Waals surface area (Å²) in [4.78, 5) is 17.4. The van der Waals surface area contributed by atoms with Gasteiger partial charge in [0.25, 0.3) is 5.91 Å². The van der Waals surface area contributed by atoms with E-state index in [2.05, 4.69) is 15.2 Å². The average molecular weight is 399 g/mol. The second kappa shape index (κ2) is 7.96. The Labute approximate surface area is 167 Å². The summed E-state index contributed by atoms with van der Waals surface area (Å²) in [6.45, 7) is 4.27. The molecule has 8 nitrogen and oxygen atoms in total. The number of halogens is 1. The van der Waals surface area contributed by atoms with Crippen LogP contribution in [0, 0.1) is 6.92 Å². The molecular weight excluding hydrogens is 377 g/mol. The minimum atomic E-state index is -1.60. The van der Waals surface area contributed by atoms with E-state index in [4.69, 9.17) is 10.2 Å². The van der Waals surface area contributed by atoms with Crippen LogP contribution in [0.2, 0.25) is 0 Å². The van der Waals surface area contributed by atoms with E-state index in [1.165, 1.54) is 26.2 Å². The molecule has 0 bridgehead atoms. The van der Waals surface area contributed by atoms with E-state index >= 15 is 0 Å². The molecule has 0 aliphatic rings. The normalized spacial score (nSPS) is 12.6. The van der Waals surface area contributed by atoms with Gasteiger partial charge in [-0.3, -0.25) is 9.78 Å². The van der Waals surface area contributed by atoms with Gasteiger partial charge in [-0.2, -0.15) is 0 Å². The Hall–Kier alpha value is -3.33. The maximum atomic E-state index is 14.8. The first kappa shape index (κ1) is 20.4. The fourth-order valence-corrected chi connectivity index (χ4v) is 2.74. The topological polar surface area (TPSA) is 118 Å². The first-order valence-corrected chi connectivity index (χ1v) is 8.95. The van der Waals surface area contributed by atoms with Crippen LogP contribution in [0.4, 0.5) is 15.8 Å². The maximum absolute atomic E-state index is 14.8. The summed E-state index contributed by atoms with van der Waals surface area (Å²) in [5.74, 6) is 0.121. The summed E-state index contributed by atoms with van der Waals surface area (Å²) in [7, 11) is 0. The zero-order valence-corrected chi connectivity index (χ0v) is 16.3. The standard InChI is InChI=1S/C20H22FN5O3/c1-12-24-25-19(29-12)13-4-6-14(7-5-13)26(11-17(21)20(2,3)28)16-8-9-23-10-15(16)18(22)27/h4-10,17,28H,11H2,1-3H3,(H2,22,27). The van der Waals surface area contributed by atoms with Crippen molar-refractivity contribution < 1.29 is 18.7 Å². The average Bonchev–Trinajstić information content (AvgIpc) is 3.11. The summed E-state index contributed by atoms with van der Waals surface area (Å²) in [5.41, 5.74) is 5.72. The number of rotatable bonds is 7. The van der Waals surface area contributed by atoms with Crippen molar-refractivity contribution in [2.45, 2.75) is 32.5 Å². The molecule has 1 aromatic carbocycles. The molecule has 3 N–H and O–H groups in total. The van der Waals surface area contributed by atoms with Crippen LogP contribution >= 0.6 is 0 Å². The van der Waals surface area contributed by atoms with E-state index < -0.39 is 17.7 Å². The number of anilines is 2. The Kier molecular flexibility index (Phi) is 5.60. The largest absolute Gasteiger partial charge is 0.421 e. The highest BCUT2D eigenvalue weighted by molar-refractivity contribution is 5.99. The fraction of sp³-hybridized carbons (Fsp3) is 0.300. The molecule has 0 saturated heterocycles. The number of hydrogen-bond acceptors (Lipinski definition) is 7. The Bertz CT molecular complexity index is 998. The molecule has 0 fully saturated rings. The first-order valence-electron chi connectivity index (χ1n) is 8.95. The van der Waals surface area contributed by atoms with Gasteiger partial charge in [-0.25, -0.2) is 4.39 Å². The van der Waals surface area contributed by atoms with Gasteiger partial charge in [0.05, 0.1) is 23.4 Å². The summed E-state index contributed by atoms with van der Waals surface area (Å²) >= 11 is 0. The summed E-state index contributed by atoms with van der Waals surface area (Å²) < 4.78 is 20.2. The number of pyridine rings is 1. The van der Waals surface area contributed by atoms with Crippen molar-refractivity contribution in [1.82, 2.24) is 15.2 Å². The van der Waals surface area contributed by atoms with E-state index in [0.29, 0.717) is 28.7 Å². The zero-order chi connectivity index (χ0) is 21.2. The third kappa shape index (κ3) is 4.57. The van der Waals surface area contributed by atoms with Gasteiger partial charge in [0, 0.05) is 30.6 Å². The second-order valence-corrected chi connectivity index (χ2v) is 7.16. The molecule has 2 heterocycles. The lowest BCUT2D eigenvalue weighted by Crippen LogP contribution is -2.41. The van der Waals surface area contributed by atoms with Crippen LogP contribution in [-0.2, 0) is 0 Å². The van der Waals surface area contributed by atoms with Crippen LogP contribution in [0.25, 0.3) is 11.5 Å². The number of aromatic nitrogens is 3. The van der Waals surface area contributed by atoms with Crippen molar-refractivity contribution in [2.75, 3.05) is 11.4 Å². The minimum Gasteiger partial charge on any atom is -0.421 e. The lowest BCUT2D eigenvalue weighted by Gasteiger charge is -2.32. The van der Waals surface area contributed by atoms with Gasteiger partial charge in [0.15, 0.2) is 0 Å². The number of aliphatic hydroxyl groups is 1. The quantitative estimate of drug-likeness (QED) is 0.627. The molecule has 0 spiro atoms. The molecular formula is C20H22FN5O3. The second-order valence-electron chi connectivity index (χ2n) is 7.16. The Morgan fingerprint density at radius 2 is 1.97 bits per heavy atom. The molecule has 29 heavy (non-hydrogen) atoms. The number of carbonyl (C=O) groups excluding carboxylic acids is 1. The minimum absolute atomic E-state index is 0.145. The van der Waals surface area contributed by atoms with E-state index in [0.717, 1.165) is 0 Å². The summed E-state index contributed by atoms with van der Waals surface area (Å²) in [6.07, 6.45) is 1.22. The maximum Gasteiger partial charge on any atom is 0.252 e. The number of carbonyl (C=O) groups is 1. The summed E-state index contributed by atoms with van der Waals surface area (Å²) in [5, 5.41) is 17.8. The highest BCUT2D eigenvalue weighted by atomic mass is 19.1. The van der Waals surface area contributed by atoms with Crippen LogP contribution in [0.15, 0.2) is 47.1 Å². The van der Waals surface area contributed by atoms with Crippen molar-refractivity contribution in [2.24, 2.45) is 5.73 Å². The highest BCUT2D eigenvalue weighted by Gasteiger charge is 2.30. The van der Waals surface area contributed by atoms with Crippen molar-refractivity contribution in [3.63, 3.8) is 0 Å². The monoisotopic (exact) mass is 399 g/mol. The van der Waals surface area contributed by atoms with Crippen LogP contribution in [0.1, 0.15) is 30.1 Å². The molecule has 0 radical (unpaired) electrons. The number of nitrogens with two attached hydrogens (primary N) is 1. The molecule has 1 unspecified atom stereocenters. The Balaban J connectivity index is 2.02. The van der Waals surface area contributed by atoms with Gasteiger partial charge in [-0.05, 0) is 44.2 Å². The smallest absolute Gasteiger partial charge is 0.252 e. The number of nitrogens with zero attached hydrogens (tertiary/aromatic N) is 4. The van der Waals surface area contributed by atoms with E-state index in [9.17, 15) is 14.3 Å². The van der Waals surface area contributed by atoms with Gasteiger partial charge < -0.3 is 20.2 Å². The molecule has 2 aromatic heterocycles. The van der Waals surface area contributed by atoms with Crippen LogP contribution < -0.4 is 10.6 Å². The number of primary amides is 1. The molecule has 0 saturated carbocycles. The first-order chi connectivity index (χ1) is 13.7. The van der Waals surface area contributed by atoms with E-state index in [-0.39, 0.29) is 12.1 Å². The van der Waals surface area contributed by atoms with Gasteiger partial charge in [-0.1, -0.05) is 0 Å². The molecule has 0 aliphatic carbocycles. The van der Waals surface area contributed by atoms with Crippen LogP contribution in [0.5, 0.6) is 0 Å². The van der Waals surface area contributed by atoms with Gasteiger partial charge in [0.2, 0.25) is 11.8 Å². The number of amides is 1. The molecule has 3 aromatic rings. The van der Waals surface area contributed by atoms with Crippen molar-refractivity contribution in [3.8, 4) is 11.5 Å². The third-order valence-corrected chi connectivity index (χ3v) is 4.42. The van der Waals surface area contributed by atoms with Crippen LogP contribution in [0.3, 0.4) is 0 Å². The molecule has 1 atom stereocenters. The predicted octanol–water partition coefficient (Wildman–Crippen LogP) is 2.79. The molecule has 1 amide bonds. The van der Waals surface area contributed by atoms with Gasteiger partial charge in [0.1, 0.15) is 6.17 Å². The van der Waals surface area contributed by atoms with Crippen molar-refractivity contribution in [3.05, 3.63) is 54.2 Å². The fourth-order valence-electron chi connectivity index (χ4n) is 2.74. The predicted molar refractivity (Wildman–Crippen MR) is 105 cm³/mol. The number of benzene rings is 1. The van der Waals surface area contributed by atoms with Crippen molar-refractivity contribution in [1.29, 1.82) is 0 Å². The Morgan fingerprint density at radius 3 is 2.52 bits per heavy atom. The van der Waals surface area contributed by atoms with Crippen LogP contribution in [-0.4, -0.2) is 44.5 Å². The third-order valence-electron chi connectivity index (χ3n) is 4.42. The molecule has 9 heteroatoms. The number of alkyl halides is 1. The van der Waals surface area contributed by atoms with Gasteiger partial charge in [-0.15, -0.1) is 10.2 Å². The molecule has 3 rings (SSSR count). The SMILES string of the molecule is Cc1nnc(-c2ccc(N(CC(F)C(C)(C)O)c3ccncc3C(N)=O)cc2)o1. The van der Waals surface area contributed by atoms with Gasteiger partial charge >= 0.3 is 0 Å². The van der Waals surface area contributed by atoms with E-state index in [1.54, 1.807) is 42.2 Å². The lowest BCUT2D eigenvalue weighted by molar-refractivity contribution is 0.00145. The van der Waals surface area contributed by atoms with E-state index in [1.807, 2.05) is 0 Å². The summed E-state index contributed by atoms with van der Waals surface area (Å²) in [6, 6.07) is 8.54. The van der Waals surface area contributed by atoms with Crippen molar-refractivity contribution >= 4 is 17.3 Å². The highest BCUT2D eigenvalue weighted by Crippen LogP contribution is 2.31. The molecule has 0 aliphatic heterocycles. The zero-order valence-electron chi connectivity index (χ0n) is 16.3. The number of aryl methyl sites for hydroxylation is 1. The Morgan fingerprint density at radius 1 is 1.28 bits per heavy atom. The lowest BCUT2D eigenvalue weighted by atomic mass is 10.0.